The van der Waals surface area contributed by atoms with Crippen LogP contribution >= 0.6 is 0 Å². The van der Waals surface area contributed by atoms with Crippen LogP contribution in [0.25, 0.3) is 0 Å². The molecule has 13 heteroatoms. The molecule has 0 unspecified atom stereocenters. The number of sulfone groups is 1. The summed E-state index contributed by atoms with van der Waals surface area (Å²) >= 11 is 0. The van der Waals surface area contributed by atoms with Crippen molar-refractivity contribution in [2.24, 2.45) is 5.92 Å². The van der Waals surface area contributed by atoms with Gasteiger partial charge in [0.25, 0.3) is 11.8 Å². The normalized spacial score (nSPS) is 18.1. The molecule has 0 N–H and O–H groups in total. The third-order valence-electron chi connectivity index (χ3n) is 6.40. The summed E-state index contributed by atoms with van der Waals surface area (Å²) in [6.07, 6.45) is -2.28. The largest absolute Gasteiger partial charge is 0.480 e. The van der Waals surface area contributed by atoms with Crippen LogP contribution in [0.15, 0.2) is 27.6 Å². The first-order valence-corrected chi connectivity index (χ1v) is 13.5. The zero-order chi connectivity index (χ0) is 26.3. The van der Waals surface area contributed by atoms with Crippen LogP contribution in [-0.2, 0) is 26.6 Å². The molecule has 2 saturated carbocycles. The Morgan fingerprint density at radius 2 is 2.00 bits per heavy atom. The number of carbonyl (C=O) groups excluding carboxylic acids is 1. The number of methoxy groups -OCH3 is 1. The first-order chi connectivity index (χ1) is 16.8. The zero-order valence-electron chi connectivity index (χ0n) is 20.2. The molecule has 2 aliphatic rings. The van der Waals surface area contributed by atoms with E-state index in [4.69, 9.17) is 14.0 Å². The molecule has 9 nitrogen and oxygen atoms in total. The van der Waals surface area contributed by atoms with Gasteiger partial charge < -0.3 is 18.9 Å². The molecule has 0 saturated heterocycles. The maximum absolute atomic E-state index is 13.6. The molecule has 2 aliphatic carbocycles. The molecule has 1 aromatic heterocycles. The summed E-state index contributed by atoms with van der Waals surface area (Å²) in [4.78, 5) is 19.2. The molecule has 1 aromatic carbocycles. The number of carbonyl (C=O) groups is 1. The van der Waals surface area contributed by atoms with Crippen LogP contribution in [0.5, 0.6) is 5.75 Å². The minimum absolute atomic E-state index is 0.158. The van der Waals surface area contributed by atoms with Crippen LogP contribution < -0.4 is 4.74 Å². The number of hydrogen-bond donors (Lipinski definition) is 0. The number of alkyl halides is 3. The lowest BCUT2D eigenvalue weighted by Gasteiger charge is -2.25. The molecule has 1 amide bonds. The van der Waals surface area contributed by atoms with E-state index in [2.05, 4.69) is 10.1 Å². The second-order valence-corrected chi connectivity index (χ2v) is 11.4. The molecule has 2 fully saturated rings. The fourth-order valence-electron chi connectivity index (χ4n) is 3.72. The summed E-state index contributed by atoms with van der Waals surface area (Å²) in [5.41, 5.74) is -0.803. The number of ether oxygens (including phenoxy) is 2. The van der Waals surface area contributed by atoms with Crippen molar-refractivity contribution in [3.8, 4) is 5.75 Å². The van der Waals surface area contributed by atoms with Gasteiger partial charge in [-0.2, -0.15) is 18.2 Å². The first-order valence-electron chi connectivity index (χ1n) is 11.6. The Bertz CT molecular complexity index is 1220. The van der Waals surface area contributed by atoms with E-state index < -0.39 is 33.6 Å². The molecular weight excluding hydrogens is 503 g/mol. The molecule has 1 heterocycles. The number of hydrogen-bond acceptors (Lipinski definition) is 8. The summed E-state index contributed by atoms with van der Waals surface area (Å²) in [6, 6.07) is 3.28. The molecule has 4 rings (SSSR count). The number of rotatable bonds is 11. The molecule has 0 aliphatic heterocycles. The third-order valence-corrected chi connectivity index (χ3v) is 7.51. The summed E-state index contributed by atoms with van der Waals surface area (Å²) in [5.74, 6) is 0.0352. The summed E-state index contributed by atoms with van der Waals surface area (Å²) in [7, 11) is -2.16. The second kappa shape index (κ2) is 9.66. The van der Waals surface area contributed by atoms with Gasteiger partial charge in [0.15, 0.2) is 21.8 Å². The summed E-state index contributed by atoms with van der Waals surface area (Å²) < 4.78 is 79.5. The molecule has 2 aromatic rings. The van der Waals surface area contributed by atoms with Crippen molar-refractivity contribution in [2.45, 2.75) is 61.8 Å². The molecule has 198 valence electrons. The monoisotopic (exact) mass is 531 g/mol. The predicted octanol–water partition coefficient (Wildman–Crippen LogP) is 3.53. The van der Waals surface area contributed by atoms with E-state index in [-0.39, 0.29) is 35.1 Å². The van der Waals surface area contributed by atoms with E-state index in [9.17, 15) is 26.4 Å². The van der Waals surface area contributed by atoms with E-state index in [1.807, 2.05) is 0 Å². The Morgan fingerprint density at radius 3 is 2.56 bits per heavy atom. The Hall–Kier alpha value is -2.67. The van der Waals surface area contributed by atoms with Crippen molar-refractivity contribution in [1.82, 2.24) is 15.0 Å². The topological polar surface area (TPSA) is 112 Å². The number of amides is 1. The van der Waals surface area contributed by atoms with Crippen LogP contribution in [0.1, 0.15) is 54.7 Å². The standard InChI is InChI=1S/C23H28F3N3O6S/c1-14(23(24,25)26)34-18-7-6-16(36(3,31)32)12-17(18)20(30)29(13-15-4-5-15)11-8-19-27-21(35-28-19)22(33-2)9-10-22/h6-7,12,14-15H,4-5,8-11,13H2,1-3H3/t14-/m1/s1. The van der Waals surface area contributed by atoms with Gasteiger partial charge in [-0.1, -0.05) is 5.16 Å². The molecule has 0 spiro atoms. The van der Waals surface area contributed by atoms with Crippen molar-refractivity contribution < 1.29 is 40.4 Å². The number of aromatic nitrogens is 2. The number of halogens is 3. The minimum atomic E-state index is -4.67. The van der Waals surface area contributed by atoms with E-state index >= 15 is 0 Å². The van der Waals surface area contributed by atoms with Crippen molar-refractivity contribution in [3.63, 3.8) is 0 Å². The average Bonchev–Trinajstić information content (AvgIpc) is 3.74. The number of benzene rings is 1. The van der Waals surface area contributed by atoms with E-state index in [0.717, 1.165) is 57.1 Å². The minimum Gasteiger partial charge on any atom is -0.480 e. The Labute approximate surface area is 206 Å². The maximum atomic E-state index is 13.6. The van der Waals surface area contributed by atoms with Gasteiger partial charge >= 0.3 is 6.18 Å². The van der Waals surface area contributed by atoms with Crippen molar-refractivity contribution in [2.75, 3.05) is 26.5 Å². The molecule has 0 radical (unpaired) electrons. The van der Waals surface area contributed by atoms with E-state index in [1.54, 1.807) is 7.11 Å². The Morgan fingerprint density at radius 1 is 1.31 bits per heavy atom. The maximum Gasteiger partial charge on any atom is 0.425 e. The number of nitrogens with zero attached hydrogens (tertiary/aromatic N) is 3. The van der Waals surface area contributed by atoms with Gasteiger partial charge in [-0.15, -0.1) is 0 Å². The van der Waals surface area contributed by atoms with Crippen LogP contribution in [-0.4, -0.2) is 68.1 Å². The Kier molecular flexibility index (Phi) is 7.08. The molecule has 36 heavy (non-hydrogen) atoms. The highest BCUT2D eigenvalue weighted by Gasteiger charge is 2.50. The van der Waals surface area contributed by atoms with E-state index in [1.165, 1.54) is 4.90 Å². The van der Waals surface area contributed by atoms with Crippen molar-refractivity contribution >= 4 is 15.7 Å². The van der Waals surface area contributed by atoms with Gasteiger partial charge in [0.2, 0.25) is 0 Å². The molecule has 1 atom stereocenters. The summed E-state index contributed by atoms with van der Waals surface area (Å²) in [5, 5.41) is 3.97. The highest BCUT2D eigenvalue weighted by atomic mass is 32.2. The smallest absolute Gasteiger partial charge is 0.425 e. The van der Waals surface area contributed by atoms with Gasteiger partial charge in [-0.05, 0) is 56.7 Å². The van der Waals surface area contributed by atoms with Crippen LogP contribution in [0.4, 0.5) is 13.2 Å². The van der Waals surface area contributed by atoms with Crippen molar-refractivity contribution in [3.05, 3.63) is 35.5 Å². The quantitative estimate of drug-likeness (QED) is 0.433. The lowest BCUT2D eigenvalue weighted by Crippen LogP contribution is -2.36. The first kappa shape index (κ1) is 26.4. The fourth-order valence-corrected chi connectivity index (χ4v) is 4.37. The van der Waals surface area contributed by atoms with Gasteiger partial charge in [0.05, 0.1) is 10.5 Å². The van der Waals surface area contributed by atoms with Gasteiger partial charge in [0, 0.05) is 32.9 Å². The van der Waals surface area contributed by atoms with E-state index in [0.29, 0.717) is 18.3 Å². The second-order valence-electron chi connectivity index (χ2n) is 9.39. The highest BCUT2D eigenvalue weighted by Crippen LogP contribution is 2.47. The molecular formula is C23H28F3N3O6S. The van der Waals surface area contributed by atoms with Crippen molar-refractivity contribution in [1.29, 1.82) is 0 Å². The zero-order valence-corrected chi connectivity index (χ0v) is 21.0. The summed E-state index contributed by atoms with van der Waals surface area (Å²) in [6.45, 7) is 1.34. The van der Waals surface area contributed by atoms with Gasteiger partial charge in [-0.25, -0.2) is 8.42 Å². The Balaban J connectivity index is 1.59. The highest BCUT2D eigenvalue weighted by molar-refractivity contribution is 7.90. The van der Waals surface area contributed by atoms with Crippen LogP contribution in [0.2, 0.25) is 0 Å². The van der Waals surface area contributed by atoms with Gasteiger partial charge in [-0.3, -0.25) is 4.79 Å². The van der Waals surface area contributed by atoms with Gasteiger partial charge in [0.1, 0.15) is 11.4 Å². The lowest BCUT2D eigenvalue weighted by molar-refractivity contribution is -0.189. The third kappa shape index (κ3) is 6.00. The van der Waals surface area contributed by atoms with Crippen LogP contribution in [0, 0.1) is 5.92 Å². The average molecular weight is 532 g/mol. The van der Waals surface area contributed by atoms with Crippen LogP contribution in [0.3, 0.4) is 0 Å². The fraction of sp³-hybridized carbons (Fsp3) is 0.609. The predicted molar refractivity (Wildman–Crippen MR) is 120 cm³/mol. The SMILES string of the molecule is COC1(c2nc(CCN(CC3CC3)C(=O)c3cc(S(C)(=O)=O)ccc3O[C@H](C)C(F)(F)F)no2)CC1. The molecule has 0 bridgehead atoms. The lowest BCUT2D eigenvalue weighted by atomic mass is 10.1.